The van der Waals surface area contributed by atoms with Gasteiger partial charge in [0.1, 0.15) is 6.33 Å². The van der Waals surface area contributed by atoms with Gasteiger partial charge in [0.05, 0.1) is 11.6 Å². The van der Waals surface area contributed by atoms with E-state index in [9.17, 15) is 4.79 Å². The fourth-order valence-electron chi connectivity index (χ4n) is 1.05. The number of halogens is 1. The van der Waals surface area contributed by atoms with E-state index in [1.807, 2.05) is 5.38 Å². The highest BCUT2D eigenvalue weighted by atomic mass is 35.5. The molecule has 2 rings (SSSR count). The third-order valence-electron chi connectivity index (χ3n) is 1.72. The first-order chi connectivity index (χ1) is 7.16. The molecule has 0 aliphatic rings. The molecule has 0 aliphatic heterocycles. The van der Waals surface area contributed by atoms with Crippen LogP contribution in [0.3, 0.4) is 0 Å². The Morgan fingerprint density at radius 2 is 2.47 bits per heavy atom. The SMILES string of the molecule is O=C(O)c1ncn(Cc2sccc2Cl)n1. The third-order valence-corrected chi connectivity index (χ3v) is 3.10. The maximum atomic E-state index is 10.5. The van der Waals surface area contributed by atoms with E-state index in [0.29, 0.717) is 11.6 Å². The summed E-state index contributed by atoms with van der Waals surface area (Å²) in [4.78, 5) is 15.1. The number of aromatic nitrogens is 3. The summed E-state index contributed by atoms with van der Waals surface area (Å²) in [6.45, 7) is 0.441. The molecule has 0 unspecified atom stereocenters. The lowest BCUT2D eigenvalue weighted by Gasteiger charge is -1.97. The van der Waals surface area contributed by atoms with Gasteiger partial charge in [-0.3, -0.25) is 0 Å². The predicted molar refractivity (Wildman–Crippen MR) is 55.4 cm³/mol. The zero-order valence-corrected chi connectivity index (χ0v) is 8.99. The lowest BCUT2D eigenvalue weighted by molar-refractivity contribution is 0.0683. The Hall–Kier alpha value is -1.40. The molecule has 0 spiro atoms. The Morgan fingerprint density at radius 3 is 3.00 bits per heavy atom. The second kappa shape index (κ2) is 4.00. The number of rotatable bonds is 3. The van der Waals surface area contributed by atoms with Crippen LogP contribution in [0.1, 0.15) is 15.5 Å². The molecule has 0 aliphatic carbocycles. The van der Waals surface area contributed by atoms with Crippen molar-refractivity contribution >= 4 is 28.9 Å². The van der Waals surface area contributed by atoms with Crippen molar-refractivity contribution in [1.29, 1.82) is 0 Å². The van der Waals surface area contributed by atoms with Gasteiger partial charge in [-0.15, -0.1) is 16.4 Å². The van der Waals surface area contributed by atoms with E-state index in [2.05, 4.69) is 10.1 Å². The lowest BCUT2D eigenvalue weighted by atomic mass is 10.5. The molecule has 0 amide bonds. The number of aromatic carboxylic acids is 1. The quantitative estimate of drug-likeness (QED) is 0.892. The fourth-order valence-corrected chi connectivity index (χ4v) is 2.14. The summed E-state index contributed by atoms with van der Waals surface area (Å²) in [5, 5.41) is 14.9. The third kappa shape index (κ3) is 2.16. The summed E-state index contributed by atoms with van der Waals surface area (Å²) >= 11 is 7.39. The van der Waals surface area contributed by atoms with Crippen LogP contribution < -0.4 is 0 Å². The van der Waals surface area contributed by atoms with Crippen LogP contribution in [-0.4, -0.2) is 25.8 Å². The average Bonchev–Trinajstić information content (AvgIpc) is 2.77. The Labute approximate surface area is 93.9 Å². The van der Waals surface area contributed by atoms with E-state index >= 15 is 0 Å². The largest absolute Gasteiger partial charge is 0.475 e. The molecule has 0 saturated carbocycles. The molecule has 0 atom stereocenters. The van der Waals surface area contributed by atoms with Gasteiger partial charge in [0.25, 0.3) is 5.82 Å². The maximum absolute atomic E-state index is 10.5. The van der Waals surface area contributed by atoms with Gasteiger partial charge in [-0.25, -0.2) is 14.5 Å². The van der Waals surface area contributed by atoms with Gasteiger partial charge in [0.2, 0.25) is 0 Å². The molecular weight excluding hydrogens is 238 g/mol. The van der Waals surface area contributed by atoms with Gasteiger partial charge in [0.15, 0.2) is 0 Å². The molecule has 0 saturated heterocycles. The molecule has 2 aromatic heterocycles. The Morgan fingerprint density at radius 1 is 1.67 bits per heavy atom. The number of nitrogens with zero attached hydrogens (tertiary/aromatic N) is 3. The van der Waals surface area contributed by atoms with Crippen molar-refractivity contribution in [1.82, 2.24) is 14.8 Å². The number of hydrogen-bond donors (Lipinski definition) is 1. The van der Waals surface area contributed by atoms with Crippen molar-refractivity contribution in [2.24, 2.45) is 0 Å². The molecular formula is C8H6ClN3O2S. The lowest BCUT2D eigenvalue weighted by Crippen LogP contribution is -2.03. The zero-order valence-electron chi connectivity index (χ0n) is 7.42. The summed E-state index contributed by atoms with van der Waals surface area (Å²) in [5.41, 5.74) is 0. The standard InChI is InChI=1S/C8H6ClN3O2S/c9-5-1-2-15-6(5)3-12-4-10-7(11-12)8(13)14/h1-2,4H,3H2,(H,13,14). The Balaban J connectivity index is 2.18. The van der Waals surface area contributed by atoms with E-state index < -0.39 is 5.97 Å². The predicted octanol–water partition coefficient (Wildman–Crippen LogP) is 1.74. The summed E-state index contributed by atoms with van der Waals surface area (Å²) < 4.78 is 1.45. The minimum absolute atomic E-state index is 0.206. The van der Waals surface area contributed by atoms with Crippen molar-refractivity contribution in [3.05, 3.63) is 33.5 Å². The summed E-state index contributed by atoms with van der Waals surface area (Å²) in [7, 11) is 0. The second-order valence-electron chi connectivity index (χ2n) is 2.76. The van der Waals surface area contributed by atoms with Crippen molar-refractivity contribution in [2.45, 2.75) is 6.54 Å². The van der Waals surface area contributed by atoms with E-state index in [4.69, 9.17) is 16.7 Å². The fraction of sp³-hybridized carbons (Fsp3) is 0.125. The summed E-state index contributed by atoms with van der Waals surface area (Å²) in [6, 6.07) is 1.79. The summed E-state index contributed by atoms with van der Waals surface area (Å²) in [6.07, 6.45) is 1.37. The van der Waals surface area contributed by atoms with E-state index in [-0.39, 0.29) is 5.82 Å². The highest BCUT2D eigenvalue weighted by molar-refractivity contribution is 7.10. The van der Waals surface area contributed by atoms with Crippen LogP contribution >= 0.6 is 22.9 Å². The molecule has 2 heterocycles. The van der Waals surface area contributed by atoms with Gasteiger partial charge in [0, 0.05) is 4.88 Å². The first-order valence-electron chi connectivity index (χ1n) is 4.01. The minimum atomic E-state index is -1.13. The molecule has 78 valence electrons. The molecule has 0 fully saturated rings. The second-order valence-corrected chi connectivity index (χ2v) is 4.17. The van der Waals surface area contributed by atoms with Gasteiger partial charge in [-0.2, -0.15) is 0 Å². The molecule has 5 nitrogen and oxygen atoms in total. The normalized spacial score (nSPS) is 10.5. The van der Waals surface area contributed by atoms with Crippen molar-refractivity contribution in [3.8, 4) is 0 Å². The topological polar surface area (TPSA) is 68.0 Å². The first-order valence-corrected chi connectivity index (χ1v) is 5.27. The number of carbonyl (C=O) groups is 1. The average molecular weight is 244 g/mol. The van der Waals surface area contributed by atoms with Crippen molar-refractivity contribution < 1.29 is 9.90 Å². The molecule has 2 aromatic rings. The maximum Gasteiger partial charge on any atom is 0.375 e. The van der Waals surface area contributed by atoms with Gasteiger partial charge < -0.3 is 5.11 Å². The van der Waals surface area contributed by atoms with Crippen molar-refractivity contribution in [2.75, 3.05) is 0 Å². The van der Waals surface area contributed by atoms with Crippen LogP contribution in [0.2, 0.25) is 5.02 Å². The molecule has 0 aromatic carbocycles. The number of carboxylic acids is 1. The van der Waals surface area contributed by atoms with E-state index in [1.165, 1.54) is 22.3 Å². The Kier molecular flexibility index (Phi) is 2.70. The number of carboxylic acid groups (broad SMARTS) is 1. The van der Waals surface area contributed by atoms with Crippen LogP contribution in [-0.2, 0) is 6.54 Å². The zero-order chi connectivity index (χ0) is 10.8. The molecule has 0 bridgehead atoms. The van der Waals surface area contributed by atoms with Crippen LogP contribution in [0.5, 0.6) is 0 Å². The highest BCUT2D eigenvalue weighted by Gasteiger charge is 2.10. The van der Waals surface area contributed by atoms with Crippen LogP contribution in [0.4, 0.5) is 0 Å². The molecule has 7 heteroatoms. The van der Waals surface area contributed by atoms with Gasteiger partial charge >= 0.3 is 5.97 Å². The van der Waals surface area contributed by atoms with E-state index in [0.717, 1.165) is 4.88 Å². The smallest absolute Gasteiger partial charge is 0.375 e. The molecule has 0 radical (unpaired) electrons. The van der Waals surface area contributed by atoms with Crippen LogP contribution in [0, 0.1) is 0 Å². The van der Waals surface area contributed by atoms with Crippen LogP contribution in [0.25, 0.3) is 0 Å². The highest BCUT2D eigenvalue weighted by Crippen LogP contribution is 2.22. The first kappa shape index (κ1) is 10.1. The summed E-state index contributed by atoms with van der Waals surface area (Å²) in [5.74, 6) is -1.34. The van der Waals surface area contributed by atoms with E-state index in [1.54, 1.807) is 6.07 Å². The number of thiophene rings is 1. The van der Waals surface area contributed by atoms with Gasteiger partial charge in [-0.1, -0.05) is 11.6 Å². The monoisotopic (exact) mass is 243 g/mol. The minimum Gasteiger partial charge on any atom is -0.475 e. The van der Waals surface area contributed by atoms with Crippen LogP contribution in [0.15, 0.2) is 17.8 Å². The number of hydrogen-bond acceptors (Lipinski definition) is 4. The van der Waals surface area contributed by atoms with Crippen molar-refractivity contribution in [3.63, 3.8) is 0 Å². The van der Waals surface area contributed by atoms with Gasteiger partial charge in [-0.05, 0) is 11.4 Å². The molecule has 15 heavy (non-hydrogen) atoms. The molecule has 1 N–H and O–H groups in total. The Bertz CT molecular complexity index is 494.